The summed E-state index contributed by atoms with van der Waals surface area (Å²) in [7, 11) is 0. The second-order valence-electron chi connectivity index (χ2n) is 5.79. The SMILES string of the molecule is NCCNc1ncc(C(N)=O)c(Nc2cc(-n3nccn3)cc3c2C3)n1. The highest BCUT2D eigenvalue weighted by atomic mass is 16.1. The number of nitrogens with zero attached hydrogens (tertiary/aromatic N) is 5. The van der Waals surface area contributed by atoms with Gasteiger partial charge in [-0.25, -0.2) is 4.98 Å². The molecule has 1 amide bonds. The number of hydrogen-bond donors (Lipinski definition) is 4. The van der Waals surface area contributed by atoms with E-state index in [1.807, 2.05) is 12.1 Å². The molecule has 1 aliphatic carbocycles. The summed E-state index contributed by atoms with van der Waals surface area (Å²) in [6.07, 6.45) is 5.49. The van der Waals surface area contributed by atoms with Gasteiger partial charge >= 0.3 is 0 Å². The molecule has 0 saturated carbocycles. The number of amides is 1. The molecule has 10 heteroatoms. The minimum atomic E-state index is -0.608. The fraction of sp³-hybridized carbons (Fsp3) is 0.188. The minimum absolute atomic E-state index is 0.209. The van der Waals surface area contributed by atoms with E-state index in [-0.39, 0.29) is 5.56 Å². The van der Waals surface area contributed by atoms with Crippen LogP contribution in [0, 0.1) is 0 Å². The van der Waals surface area contributed by atoms with Crippen LogP contribution in [0.2, 0.25) is 0 Å². The van der Waals surface area contributed by atoms with Gasteiger partial charge in [0.15, 0.2) is 0 Å². The van der Waals surface area contributed by atoms with Crippen molar-refractivity contribution in [1.82, 2.24) is 25.0 Å². The average Bonchev–Trinajstić information content (AvgIpc) is 3.22. The Kier molecular flexibility index (Phi) is 3.93. The normalized spacial score (nSPS) is 11.7. The van der Waals surface area contributed by atoms with E-state index in [1.165, 1.54) is 16.6 Å². The number of nitrogens with one attached hydrogen (secondary N) is 2. The molecule has 4 rings (SSSR count). The molecule has 0 unspecified atom stereocenters. The largest absolute Gasteiger partial charge is 0.365 e. The van der Waals surface area contributed by atoms with Crippen LogP contribution < -0.4 is 22.1 Å². The number of carbonyl (C=O) groups is 1. The van der Waals surface area contributed by atoms with Crippen LogP contribution in [-0.2, 0) is 6.42 Å². The van der Waals surface area contributed by atoms with Gasteiger partial charge in [0.1, 0.15) is 11.4 Å². The lowest BCUT2D eigenvalue weighted by molar-refractivity contribution is 0.100. The van der Waals surface area contributed by atoms with Gasteiger partial charge in [0.05, 0.1) is 18.1 Å². The zero-order chi connectivity index (χ0) is 18.1. The zero-order valence-electron chi connectivity index (χ0n) is 13.8. The van der Waals surface area contributed by atoms with E-state index in [9.17, 15) is 4.79 Å². The molecule has 0 spiro atoms. The Morgan fingerprint density at radius 3 is 2.81 bits per heavy atom. The van der Waals surface area contributed by atoms with Gasteiger partial charge in [0.2, 0.25) is 5.95 Å². The number of carbonyl (C=O) groups excluding carboxylic acids is 1. The van der Waals surface area contributed by atoms with Crippen molar-refractivity contribution in [2.24, 2.45) is 11.5 Å². The van der Waals surface area contributed by atoms with E-state index in [0.717, 1.165) is 23.4 Å². The molecule has 3 aromatic rings. The summed E-state index contributed by atoms with van der Waals surface area (Å²) in [5, 5.41) is 14.5. The first kappa shape index (κ1) is 16.0. The quantitative estimate of drug-likeness (QED) is 0.368. The summed E-state index contributed by atoms with van der Waals surface area (Å²) in [6.45, 7) is 0.960. The number of nitrogens with two attached hydrogens (primary N) is 2. The Bertz CT molecular complexity index is 968. The Balaban J connectivity index is 1.69. The Morgan fingerprint density at radius 1 is 1.27 bits per heavy atom. The number of rotatable bonds is 7. The lowest BCUT2D eigenvalue weighted by atomic mass is 10.2. The number of hydrogen-bond acceptors (Lipinski definition) is 8. The molecule has 1 aromatic carbocycles. The molecule has 2 heterocycles. The number of anilines is 3. The number of fused-ring (bicyclic) bond motifs is 1. The Labute approximate surface area is 148 Å². The van der Waals surface area contributed by atoms with Crippen LogP contribution >= 0.6 is 0 Å². The fourth-order valence-electron chi connectivity index (χ4n) is 2.64. The van der Waals surface area contributed by atoms with Crippen LogP contribution in [0.1, 0.15) is 21.5 Å². The second kappa shape index (κ2) is 6.41. The van der Waals surface area contributed by atoms with Gasteiger partial charge in [0.25, 0.3) is 5.91 Å². The lowest BCUT2D eigenvalue weighted by Gasteiger charge is -2.12. The van der Waals surface area contributed by atoms with Crippen molar-refractivity contribution < 1.29 is 4.79 Å². The van der Waals surface area contributed by atoms with Crippen LogP contribution in [0.4, 0.5) is 17.5 Å². The molecule has 6 N–H and O–H groups in total. The molecule has 0 atom stereocenters. The first-order chi connectivity index (χ1) is 12.7. The molecule has 0 fully saturated rings. The molecule has 0 radical (unpaired) electrons. The van der Waals surface area contributed by atoms with Gasteiger partial charge in [-0.05, 0) is 23.3 Å². The maximum absolute atomic E-state index is 11.7. The summed E-state index contributed by atoms with van der Waals surface area (Å²) in [5.41, 5.74) is 15.2. The molecular formula is C16H17N9O. The summed E-state index contributed by atoms with van der Waals surface area (Å²) in [6, 6.07) is 3.94. The predicted octanol–water partition coefficient (Wildman–Crippen LogP) is 0.175. The lowest BCUT2D eigenvalue weighted by Crippen LogP contribution is -2.18. The second-order valence-corrected chi connectivity index (χ2v) is 5.79. The zero-order valence-corrected chi connectivity index (χ0v) is 13.8. The van der Waals surface area contributed by atoms with Crippen LogP contribution in [0.3, 0.4) is 0 Å². The average molecular weight is 351 g/mol. The Morgan fingerprint density at radius 2 is 2.08 bits per heavy atom. The van der Waals surface area contributed by atoms with E-state index in [0.29, 0.717) is 24.9 Å². The van der Waals surface area contributed by atoms with E-state index >= 15 is 0 Å². The molecule has 132 valence electrons. The van der Waals surface area contributed by atoms with Gasteiger partial charge in [-0.1, -0.05) is 0 Å². The van der Waals surface area contributed by atoms with Crippen LogP contribution in [0.15, 0.2) is 30.7 Å². The van der Waals surface area contributed by atoms with Crippen molar-refractivity contribution >= 4 is 23.4 Å². The first-order valence-electron chi connectivity index (χ1n) is 8.06. The smallest absolute Gasteiger partial charge is 0.254 e. The van der Waals surface area contributed by atoms with Crippen molar-refractivity contribution in [3.05, 3.63) is 47.4 Å². The molecule has 10 nitrogen and oxygen atoms in total. The number of aromatic nitrogens is 5. The van der Waals surface area contributed by atoms with E-state index in [2.05, 4.69) is 30.8 Å². The molecule has 1 aliphatic rings. The van der Waals surface area contributed by atoms with Crippen molar-refractivity contribution in [3.63, 3.8) is 0 Å². The third-order valence-electron chi connectivity index (χ3n) is 3.95. The predicted molar refractivity (Wildman–Crippen MR) is 95.5 cm³/mol. The molecule has 0 saturated heterocycles. The van der Waals surface area contributed by atoms with Crippen molar-refractivity contribution in [3.8, 4) is 5.69 Å². The third-order valence-corrected chi connectivity index (χ3v) is 3.95. The third kappa shape index (κ3) is 3.05. The molecule has 0 aliphatic heterocycles. The van der Waals surface area contributed by atoms with E-state index in [4.69, 9.17) is 11.5 Å². The Hall–Kier alpha value is -3.53. The van der Waals surface area contributed by atoms with Crippen LogP contribution in [0.25, 0.3) is 5.69 Å². The van der Waals surface area contributed by atoms with Crippen LogP contribution in [-0.4, -0.2) is 44.0 Å². The number of benzene rings is 1. The minimum Gasteiger partial charge on any atom is -0.365 e. The monoisotopic (exact) mass is 351 g/mol. The summed E-state index contributed by atoms with van der Waals surface area (Å²) in [4.78, 5) is 21.7. The van der Waals surface area contributed by atoms with E-state index in [1.54, 1.807) is 12.4 Å². The standard InChI is InChI=1S/C16H17N9O/c17-1-2-19-16-20-8-12(14(18)26)15(24-16)23-13-7-10(5-9-6-11(9)13)25-21-3-4-22-25/h3-5,7-8H,1-2,6,17H2,(H2,18,26)(H2,19,20,23,24). The van der Waals surface area contributed by atoms with Gasteiger partial charge < -0.3 is 22.1 Å². The fourth-order valence-corrected chi connectivity index (χ4v) is 2.64. The molecule has 26 heavy (non-hydrogen) atoms. The first-order valence-corrected chi connectivity index (χ1v) is 8.06. The summed E-state index contributed by atoms with van der Waals surface area (Å²) >= 11 is 0. The molecule has 0 bridgehead atoms. The summed E-state index contributed by atoms with van der Waals surface area (Å²) in [5.74, 6) is 0.101. The highest BCUT2D eigenvalue weighted by Crippen LogP contribution is 2.39. The maximum atomic E-state index is 11.7. The highest BCUT2D eigenvalue weighted by molar-refractivity contribution is 5.98. The van der Waals surface area contributed by atoms with Crippen molar-refractivity contribution in [2.45, 2.75) is 6.42 Å². The highest BCUT2D eigenvalue weighted by Gasteiger charge is 2.24. The van der Waals surface area contributed by atoms with Gasteiger partial charge in [-0.15, -0.1) is 0 Å². The van der Waals surface area contributed by atoms with Gasteiger partial charge in [0, 0.05) is 31.4 Å². The number of primary amides is 1. The topological polar surface area (TPSA) is 150 Å². The molecular weight excluding hydrogens is 334 g/mol. The van der Waals surface area contributed by atoms with Crippen molar-refractivity contribution in [1.29, 1.82) is 0 Å². The summed E-state index contributed by atoms with van der Waals surface area (Å²) < 4.78 is 0. The van der Waals surface area contributed by atoms with Gasteiger partial charge in [-0.3, -0.25) is 4.79 Å². The van der Waals surface area contributed by atoms with Crippen molar-refractivity contribution in [2.75, 3.05) is 23.7 Å². The maximum Gasteiger partial charge on any atom is 0.254 e. The van der Waals surface area contributed by atoms with E-state index < -0.39 is 5.91 Å². The van der Waals surface area contributed by atoms with Crippen LogP contribution in [0.5, 0.6) is 0 Å². The molecule has 2 aromatic heterocycles. The van der Waals surface area contributed by atoms with Gasteiger partial charge in [-0.2, -0.15) is 20.0 Å².